The number of methoxy groups -OCH3 is 1. The van der Waals surface area contributed by atoms with E-state index in [2.05, 4.69) is 10.3 Å². The third kappa shape index (κ3) is 3.64. The lowest BCUT2D eigenvalue weighted by molar-refractivity contribution is 0.102. The van der Waals surface area contributed by atoms with Gasteiger partial charge in [-0.2, -0.15) is 0 Å². The van der Waals surface area contributed by atoms with Crippen molar-refractivity contribution in [1.82, 2.24) is 0 Å². The van der Waals surface area contributed by atoms with E-state index in [0.717, 1.165) is 5.39 Å². The number of carbonyl (C=O) groups is 1. The van der Waals surface area contributed by atoms with Gasteiger partial charge in [-0.1, -0.05) is 48.5 Å². The summed E-state index contributed by atoms with van der Waals surface area (Å²) >= 11 is 0. The second-order valence-electron chi connectivity index (χ2n) is 6.10. The number of hydrogen-bond acceptors (Lipinski definition) is 4. The molecule has 0 saturated heterocycles. The fraction of sp³-hybridized carbons (Fsp3) is 0.0435. The van der Waals surface area contributed by atoms with E-state index in [1.807, 2.05) is 66.7 Å². The highest BCUT2D eigenvalue weighted by molar-refractivity contribution is 6.06. The first-order chi connectivity index (χ1) is 13.7. The van der Waals surface area contributed by atoms with Crippen molar-refractivity contribution < 1.29 is 13.9 Å². The van der Waals surface area contributed by atoms with Gasteiger partial charge in [0.2, 0.25) is 5.55 Å². The summed E-state index contributed by atoms with van der Waals surface area (Å²) in [5.74, 6) is 0.254. The Morgan fingerprint density at radius 2 is 1.64 bits per heavy atom. The highest BCUT2D eigenvalue weighted by Crippen LogP contribution is 2.24. The molecule has 4 aromatic rings. The number of hydrogen-bond donors (Lipinski definition) is 1. The van der Waals surface area contributed by atoms with Crippen molar-refractivity contribution in [3.63, 3.8) is 0 Å². The highest BCUT2D eigenvalue weighted by Gasteiger charge is 2.14. The van der Waals surface area contributed by atoms with Crippen LogP contribution in [-0.2, 0) is 0 Å². The maximum Gasteiger partial charge on any atom is 0.261 e. The molecule has 0 fully saturated rings. The molecule has 0 bridgehead atoms. The number of nitrogens with zero attached hydrogens (tertiary/aromatic N) is 1. The predicted molar refractivity (Wildman–Crippen MR) is 109 cm³/mol. The lowest BCUT2D eigenvalue weighted by Crippen LogP contribution is -2.21. The van der Waals surface area contributed by atoms with Gasteiger partial charge < -0.3 is 14.5 Å². The summed E-state index contributed by atoms with van der Waals surface area (Å²) in [6, 6.07) is 25.9. The van der Waals surface area contributed by atoms with Crippen molar-refractivity contribution in [2.45, 2.75) is 0 Å². The molecule has 28 heavy (non-hydrogen) atoms. The van der Waals surface area contributed by atoms with Crippen molar-refractivity contribution in [2.75, 3.05) is 12.4 Å². The minimum atomic E-state index is -0.325. The zero-order valence-electron chi connectivity index (χ0n) is 15.3. The number of carbonyl (C=O) groups excluding carboxylic acids is 1. The van der Waals surface area contributed by atoms with Crippen LogP contribution in [0.2, 0.25) is 0 Å². The van der Waals surface area contributed by atoms with Gasteiger partial charge in [-0.05, 0) is 36.4 Å². The standard InChI is InChI=1S/C23H18N2O3/c1-27-21-14-8-6-12-19(21)25-22(26)18-15-16-9-5-7-13-20(16)28-23(18)24-17-10-3-2-4-11-17/h2-15H,1H3,(H,25,26). The van der Waals surface area contributed by atoms with Crippen LogP contribution in [0.25, 0.3) is 11.0 Å². The molecule has 5 nitrogen and oxygen atoms in total. The Bertz CT molecular complexity index is 1200. The number of rotatable bonds is 4. The van der Waals surface area contributed by atoms with Crippen LogP contribution in [-0.4, -0.2) is 13.0 Å². The number of ether oxygens (including phenoxy) is 1. The SMILES string of the molecule is COc1ccccc1NC(=O)c1cc2ccccc2oc1=Nc1ccccc1. The van der Waals surface area contributed by atoms with Crippen molar-refractivity contribution in [2.24, 2.45) is 4.99 Å². The minimum absolute atomic E-state index is 0.247. The number of para-hydroxylation sites is 4. The Balaban J connectivity index is 1.83. The molecule has 138 valence electrons. The molecule has 3 aromatic carbocycles. The van der Waals surface area contributed by atoms with Gasteiger partial charge in [0.1, 0.15) is 16.9 Å². The summed E-state index contributed by atoms with van der Waals surface area (Å²) in [5.41, 5.74) is 2.53. The second kappa shape index (κ2) is 7.80. The van der Waals surface area contributed by atoms with Gasteiger partial charge in [0.25, 0.3) is 5.91 Å². The Morgan fingerprint density at radius 3 is 2.46 bits per heavy atom. The van der Waals surface area contributed by atoms with Crippen LogP contribution < -0.4 is 15.6 Å². The predicted octanol–water partition coefficient (Wildman–Crippen LogP) is 4.93. The van der Waals surface area contributed by atoms with E-state index in [0.29, 0.717) is 28.3 Å². The molecular formula is C23H18N2O3. The topological polar surface area (TPSA) is 63.8 Å². The summed E-state index contributed by atoms with van der Waals surface area (Å²) in [7, 11) is 1.56. The molecule has 0 atom stereocenters. The van der Waals surface area contributed by atoms with Crippen molar-refractivity contribution in [3.05, 3.63) is 96.0 Å². The van der Waals surface area contributed by atoms with Gasteiger partial charge in [0.05, 0.1) is 18.5 Å². The van der Waals surface area contributed by atoms with Crippen molar-refractivity contribution in [1.29, 1.82) is 0 Å². The van der Waals surface area contributed by atoms with Crippen LogP contribution in [0, 0.1) is 0 Å². The molecule has 1 amide bonds. The monoisotopic (exact) mass is 370 g/mol. The normalized spacial score (nSPS) is 11.4. The molecule has 0 aliphatic rings. The van der Waals surface area contributed by atoms with Crippen LogP contribution in [0.5, 0.6) is 5.75 Å². The number of benzene rings is 3. The smallest absolute Gasteiger partial charge is 0.261 e. The second-order valence-corrected chi connectivity index (χ2v) is 6.10. The molecule has 1 N–H and O–H groups in total. The van der Waals surface area contributed by atoms with Gasteiger partial charge in [-0.25, -0.2) is 4.99 Å². The van der Waals surface area contributed by atoms with Crippen molar-refractivity contribution >= 4 is 28.3 Å². The lowest BCUT2D eigenvalue weighted by atomic mass is 10.1. The van der Waals surface area contributed by atoms with E-state index in [4.69, 9.17) is 9.15 Å². The molecule has 1 heterocycles. The van der Waals surface area contributed by atoms with Gasteiger partial charge in [0.15, 0.2) is 0 Å². The van der Waals surface area contributed by atoms with E-state index in [9.17, 15) is 4.79 Å². The fourth-order valence-corrected chi connectivity index (χ4v) is 2.87. The molecule has 0 aliphatic carbocycles. The molecule has 0 saturated carbocycles. The molecule has 0 radical (unpaired) electrons. The Labute approximate surface area is 161 Å². The summed E-state index contributed by atoms with van der Waals surface area (Å²) in [5, 5.41) is 3.70. The summed E-state index contributed by atoms with van der Waals surface area (Å²) in [6.07, 6.45) is 0. The average molecular weight is 370 g/mol. The first kappa shape index (κ1) is 17.5. The zero-order chi connectivity index (χ0) is 19.3. The Hall–Kier alpha value is -3.86. The first-order valence-corrected chi connectivity index (χ1v) is 8.81. The van der Waals surface area contributed by atoms with E-state index < -0.39 is 0 Å². The third-order valence-electron chi connectivity index (χ3n) is 4.24. The fourth-order valence-electron chi connectivity index (χ4n) is 2.87. The maximum atomic E-state index is 13.1. The quantitative estimate of drug-likeness (QED) is 0.554. The number of fused-ring (bicyclic) bond motifs is 1. The minimum Gasteiger partial charge on any atom is -0.495 e. The van der Waals surface area contributed by atoms with E-state index >= 15 is 0 Å². The average Bonchev–Trinajstić information content (AvgIpc) is 2.74. The van der Waals surface area contributed by atoms with Gasteiger partial charge in [-0.15, -0.1) is 0 Å². The molecule has 0 aliphatic heterocycles. The Morgan fingerprint density at radius 1 is 0.929 bits per heavy atom. The van der Waals surface area contributed by atoms with Crippen LogP contribution >= 0.6 is 0 Å². The summed E-state index contributed by atoms with van der Waals surface area (Å²) in [6.45, 7) is 0. The zero-order valence-corrected chi connectivity index (χ0v) is 15.3. The number of anilines is 1. The van der Waals surface area contributed by atoms with E-state index in [-0.39, 0.29) is 11.5 Å². The molecule has 1 aromatic heterocycles. The van der Waals surface area contributed by atoms with Crippen LogP contribution in [0.4, 0.5) is 11.4 Å². The summed E-state index contributed by atoms with van der Waals surface area (Å²) < 4.78 is 11.3. The maximum absolute atomic E-state index is 13.1. The van der Waals surface area contributed by atoms with Crippen LogP contribution in [0.1, 0.15) is 10.4 Å². The third-order valence-corrected chi connectivity index (χ3v) is 4.24. The van der Waals surface area contributed by atoms with Gasteiger partial charge in [0, 0.05) is 5.39 Å². The van der Waals surface area contributed by atoms with E-state index in [1.165, 1.54) is 0 Å². The van der Waals surface area contributed by atoms with Crippen LogP contribution in [0.15, 0.2) is 94.3 Å². The molecule has 0 unspecified atom stereocenters. The van der Waals surface area contributed by atoms with Crippen molar-refractivity contribution in [3.8, 4) is 5.75 Å². The van der Waals surface area contributed by atoms with Crippen LogP contribution in [0.3, 0.4) is 0 Å². The molecule has 5 heteroatoms. The summed E-state index contributed by atoms with van der Waals surface area (Å²) in [4.78, 5) is 17.6. The molecule has 0 spiro atoms. The van der Waals surface area contributed by atoms with Gasteiger partial charge >= 0.3 is 0 Å². The number of amides is 1. The first-order valence-electron chi connectivity index (χ1n) is 8.81. The number of nitrogens with one attached hydrogen (secondary N) is 1. The molecular weight excluding hydrogens is 352 g/mol. The Kier molecular flexibility index (Phi) is 4.89. The highest BCUT2D eigenvalue weighted by atomic mass is 16.5. The van der Waals surface area contributed by atoms with E-state index in [1.54, 1.807) is 25.3 Å². The lowest BCUT2D eigenvalue weighted by Gasteiger charge is -2.10. The largest absolute Gasteiger partial charge is 0.495 e. The molecule has 4 rings (SSSR count). The van der Waals surface area contributed by atoms with Gasteiger partial charge in [-0.3, -0.25) is 4.79 Å².